The van der Waals surface area contributed by atoms with Gasteiger partial charge in [0.1, 0.15) is 17.6 Å². The summed E-state index contributed by atoms with van der Waals surface area (Å²) < 4.78 is 25.3. The van der Waals surface area contributed by atoms with Gasteiger partial charge in [-0.05, 0) is 48.0 Å². The number of aromatic nitrogens is 1. The lowest BCUT2D eigenvalue weighted by atomic mass is 9.86. The van der Waals surface area contributed by atoms with Crippen molar-refractivity contribution < 1.29 is 28.8 Å². The van der Waals surface area contributed by atoms with Crippen LogP contribution in [0.4, 0.5) is 0 Å². The van der Waals surface area contributed by atoms with E-state index in [0.717, 1.165) is 16.9 Å². The molecule has 4 aromatic rings. The van der Waals surface area contributed by atoms with E-state index in [1.165, 1.54) is 12.3 Å². The summed E-state index contributed by atoms with van der Waals surface area (Å²) in [6.45, 7) is 7.20. The van der Waals surface area contributed by atoms with Crippen molar-refractivity contribution in [2.24, 2.45) is 5.92 Å². The highest BCUT2D eigenvalue weighted by atomic mass is 28.3. The molecule has 0 saturated heterocycles. The van der Waals surface area contributed by atoms with Crippen LogP contribution >= 0.6 is 0 Å². The minimum absolute atomic E-state index is 0.0321. The molecule has 9 nitrogen and oxygen atoms in total. The van der Waals surface area contributed by atoms with E-state index in [0.29, 0.717) is 18.0 Å². The highest BCUT2D eigenvalue weighted by Gasteiger charge is 2.48. The smallest absolute Gasteiger partial charge is 0.297 e. The molecule has 48 heavy (non-hydrogen) atoms. The Hall–Kier alpha value is -4.38. The molecule has 10 heteroatoms. The van der Waals surface area contributed by atoms with Gasteiger partial charge in [-0.1, -0.05) is 67.7 Å². The van der Waals surface area contributed by atoms with Crippen LogP contribution in [0, 0.1) is 5.92 Å². The molecule has 0 saturated carbocycles. The maximum Gasteiger partial charge on any atom is 0.297 e. The Bertz CT molecular complexity index is 1740. The Morgan fingerprint density at radius 3 is 2.35 bits per heavy atom. The minimum Gasteiger partial charge on any atom is -0.497 e. The van der Waals surface area contributed by atoms with Crippen LogP contribution in [0.2, 0.25) is 18.6 Å². The Morgan fingerprint density at radius 2 is 1.71 bits per heavy atom. The first-order chi connectivity index (χ1) is 23.1. The summed E-state index contributed by atoms with van der Waals surface area (Å²) in [5.74, 6) is 1.52. The number of benzene rings is 3. The first-order valence-electron chi connectivity index (χ1n) is 16.3. The highest BCUT2D eigenvalue weighted by Crippen LogP contribution is 2.47. The molecule has 1 N–H and O–H groups in total. The zero-order valence-corrected chi connectivity index (χ0v) is 29.6. The van der Waals surface area contributed by atoms with Crippen molar-refractivity contribution in [2.45, 2.75) is 50.7 Å². The molecule has 4 atom stereocenters. The Balaban J connectivity index is 1.54. The molecule has 2 heterocycles. The van der Waals surface area contributed by atoms with Crippen molar-refractivity contribution in [2.75, 3.05) is 34.5 Å². The fraction of sp³-hybridized carbons (Fsp3) is 0.368. The summed E-state index contributed by atoms with van der Waals surface area (Å²) in [5, 5.41) is 11.1. The third-order valence-electron chi connectivity index (χ3n) is 9.71. The maximum absolute atomic E-state index is 14.2. The molecule has 1 aliphatic heterocycles. The van der Waals surface area contributed by atoms with Crippen molar-refractivity contribution in [3.05, 3.63) is 113 Å². The zero-order chi connectivity index (χ0) is 34.4. The van der Waals surface area contributed by atoms with E-state index in [1.54, 1.807) is 42.0 Å². The second-order valence-corrected chi connectivity index (χ2v) is 17.6. The van der Waals surface area contributed by atoms with Gasteiger partial charge in [0.25, 0.3) is 5.56 Å². The molecular formula is C38H46N2O7Si. The predicted molar refractivity (Wildman–Crippen MR) is 189 cm³/mol. The molecular weight excluding hydrogens is 625 g/mol. The van der Waals surface area contributed by atoms with E-state index >= 15 is 0 Å². The van der Waals surface area contributed by atoms with Gasteiger partial charge in [-0.15, -0.1) is 0 Å². The lowest BCUT2D eigenvalue weighted by Crippen LogP contribution is -2.55. The molecule has 3 aromatic carbocycles. The van der Waals surface area contributed by atoms with Gasteiger partial charge in [-0.25, -0.2) is 0 Å². The number of methoxy groups -OCH3 is 3. The number of carbonyl (C=O) groups excluding carboxylic acids is 1. The van der Waals surface area contributed by atoms with Crippen molar-refractivity contribution in [1.29, 1.82) is 0 Å². The molecule has 0 fully saturated rings. The Kier molecular flexibility index (Phi) is 11.1. The summed E-state index contributed by atoms with van der Waals surface area (Å²) >= 11 is 0. The number of carbonyl (C=O) groups is 1. The SMILES string of the molecule is COc1ccc([Si](C)(C)C(CC(=O)N(CCO)Cc2ccccc2)[C@@H]2Oc3ccc(-n4cccc(OC)c4=O)cc3[C@H](OC)[C@H]2C)cc1. The summed E-state index contributed by atoms with van der Waals surface area (Å²) in [6, 6.07) is 27.1. The predicted octanol–water partition coefficient (Wildman–Crippen LogP) is 5.34. The number of rotatable bonds is 13. The van der Waals surface area contributed by atoms with E-state index in [4.69, 9.17) is 18.9 Å². The number of amides is 1. The average molecular weight is 671 g/mol. The van der Waals surface area contributed by atoms with Crippen LogP contribution in [0.25, 0.3) is 5.69 Å². The molecule has 254 valence electrons. The van der Waals surface area contributed by atoms with Crippen LogP contribution < -0.4 is 25.0 Å². The van der Waals surface area contributed by atoms with Crippen LogP contribution in [0.1, 0.15) is 30.6 Å². The fourth-order valence-electron chi connectivity index (χ4n) is 6.90. The van der Waals surface area contributed by atoms with E-state index in [9.17, 15) is 14.7 Å². The second-order valence-electron chi connectivity index (χ2n) is 12.9. The second kappa shape index (κ2) is 15.2. The fourth-order valence-corrected chi connectivity index (χ4v) is 10.2. The number of pyridine rings is 1. The van der Waals surface area contributed by atoms with Crippen LogP contribution in [0.3, 0.4) is 0 Å². The van der Waals surface area contributed by atoms with Gasteiger partial charge < -0.3 is 29.0 Å². The van der Waals surface area contributed by atoms with Crippen molar-refractivity contribution in [3.8, 4) is 22.9 Å². The van der Waals surface area contributed by atoms with Crippen molar-refractivity contribution in [3.63, 3.8) is 0 Å². The normalized spacial score (nSPS) is 17.9. The molecule has 5 rings (SSSR count). The van der Waals surface area contributed by atoms with Crippen LogP contribution in [-0.4, -0.2) is 69.1 Å². The van der Waals surface area contributed by atoms with E-state index in [1.807, 2.05) is 60.7 Å². The van der Waals surface area contributed by atoms with Crippen molar-refractivity contribution in [1.82, 2.24) is 9.47 Å². The molecule has 0 radical (unpaired) electrons. The molecule has 1 unspecified atom stereocenters. The molecule has 1 amide bonds. The number of nitrogens with zero attached hydrogens (tertiary/aromatic N) is 2. The van der Waals surface area contributed by atoms with E-state index < -0.39 is 8.07 Å². The third-order valence-corrected chi connectivity index (χ3v) is 13.9. The zero-order valence-electron chi connectivity index (χ0n) is 28.6. The number of hydrogen-bond donors (Lipinski definition) is 1. The van der Waals surface area contributed by atoms with Gasteiger partial charge in [-0.3, -0.25) is 14.2 Å². The molecule has 1 aromatic heterocycles. The standard InChI is InChI=1S/C38H46N2O7Si/c1-26-36(46-4)31-23-28(40-20-10-13-33(45-3)38(40)43)14-19-32(31)47-37(26)34(48(5,6)30-17-15-29(44-2)16-18-30)24-35(42)39(21-22-41)25-27-11-8-7-9-12-27/h7-20,23,26,34,36-37,41H,21-22,24-25H2,1-6H3/t26-,34?,36-,37-/m1/s1. The summed E-state index contributed by atoms with van der Waals surface area (Å²) in [6.07, 6.45) is 1.25. The largest absolute Gasteiger partial charge is 0.497 e. The quantitative estimate of drug-likeness (QED) is 0.192. The third kappa shape index (κ3) is 7.20. The van der Waals surface area contributed by atoms with Gasteiger partial charge in [0.05, 0.1) is 35.0 Å². The molecule has 0 spiro atoms. The van der Waals surface area contributed by atoms with E-state index in [2.05, 4.69) is 32.2 Å². The number of ether oxygens (including phenoxy) is 4. The van der Waals surface area contributed by atoms with Crippen LogP contribution in [-0.2, 0) is 16.1 Å². The van der Waals surface area contributed by atoms with Gasteiger partial charge in [0.15, 0.2) is 5.75 Å². The monoisotopic (exact) mass is 670 g/mol. The average Bonchev–Trinajstić information content (AvgIpc) is 3.10. The number of aliphatic hydroxyl groups is 1. The van der Waals surface area contributed by atoms with Crippen molar-refractivity contribution >= 4 is 19.2 Å². The summed E-state index contributed by atoms with van der Waals surface area (Å²) in [7, 11) is 2.37. The lowest BCUT2D eigenvalue weighted by Gasteiger charge is -2.46. The van der Waals surface area contributed by atoms with Gasteiger partial charge in [0, 0.05) is 55.5 Å². The van der Waals surface area contributed by atoms with Gasteiger partial charge >= 0.3 is 0 Å². The maximum atomic E-state index is 14.2. The number of fused-ring (bicyclic) bond motifs is 1. The van der Waals surface area contributed by atoms with Gasteiger partial charge in [0.2, 0.25) is 5.91 Å². The van der Waals surface area contributed by atoms with Crippen LogP contribution in [0.5, 0.6) is 17.2 Å². The molecule has 0 bridgehead atoms. The molecule has 0 aliphatic carbocycles. The highest BCUT2D eigenvalue weighted by molar-refractivity contribution is 6.91. The Labute approximate surface area is 283 Å². The first-order valence-corrected chi connectivity index (χ1v) is 19.4. The van der Waals surface area contributed by atoms with Gasteiger partial charge in [-0.2, -0.15) is 0 Å². The minimum atomic E-state index is -2.45. The van der Waals surface area contributed by atoms with Crippen LogP contribution in [0.15, 0.2) is 95.9 Å². The number of aliphatic hydroxyl groups excluding tert-OH is 1. The molecule has 1 aliphatic rings. The summed E-state index contributed by atoms with van der Waals surface area (Å²) in [5.41, 5.74) is 2.11. The Morgan fingerprint density at radius 1 is 0.979 bits per heavy atom. The summed E-state index contributed by atoms with van der Waals surface area (Å²) in [4.78, 5) is 29.0. The topological polar surface area (TPSA) is 99.5 Å². The lowest BCUT2D eigenvalue weighted by molar-refractivity contribution is -0.133. The van der Waals surface area contributed by atoms with E-state index in [-0.39, 0.29) is 60.5 Å². The number of hydrogen-bond acceptors (Lipinski definition) is 7. The first kappa shape index (κ1) is 34.9.